The van der Waals surface area contributed by atoms with Crippen LogP contribution in [0, 0.1) is 0 Å². The number of hydrazone groups is 1. The van der Waals surface area contributed by atoms with Crippen LogP contribution in [0.1, 0.15) is 0 Å². The molecule has 0 aliphatic carbocycles. The van der Waals surface area contributed by atoms with E-state index in [0.29, 0.717) is 0 Å². The summed E-state index contributed by atoms with van der Waals surface area (Å²) in [6.45, 7) is 0. The van der Waals surface area contributed by atoms with Crippen LogP contribution in [0.25, 0.3) is 0 Å². The summed E-state index contributed by atoms with van der Waals surface area (Å²) in [6, 6.07) is 0. The van der Waals surface area contributed by atoms with Crippen molar-refractivity contribution in [1.82, 2.24) is 9.91 Å². The Morgan fingerprint density at radius 2 is 2.00 bits per heavy atom. The zero-order chi connectivity index (χ0) is 8.15. The maximum Gasteiger partial charge on any atom is 0.412 e. The summed E-state index contributed by atoms with van der Waals surface area (Å²) < 4.78 is 0. The first-order chi connectivity index (χ1) is 4.54. The first-order valence-corrected chi connectivity index (χ1v) is 2.71. The van der Waals surface area contributed by atoms with Crippen molar-refractivity contribution in [3.05, 3.63) is 0 Å². The largest absolute Gasteiger partial charge is 0.465 e. The van der Waals surface area contributed by atoms with E-state index in [1.807, 2.05) is 0 Å². The molecular weight excluding hydrogens is 134 g/mol. The minimum absolute atomic E-state index is 0.972. The summed E-state index contributed by atoms with van der Waals surface area (Å²) in [6.07, 6.45) is 0.202. The second kappa shape index (κ2) is 3.71. The van der Waals surface area contributed by atoms with Crippen molar-refractivity contribution in [3.63, 3.8) is 0 Å². The summed E-state index contributed by atoms with van der Waals surface area (Å²) in [5, 5.41) is 13.5. The van der Waals surface area contributed by atoms with E-state index in [1.165, 1.54) is 18.4 Å². The molecule has 0 unspecified atom stereocenters. The fourth-order valence-electron chi connectivity index (χ4n) is 0.230. The van der Waals surface area contributed by atoms with Crippen LogP contribution in [0.5, 0.6) is 0 Å². The molecular formula is C5H11N3O2. The Bertz CT molecular complexity index is 144. The molecule has 0 saturated carbocycles. The fraction of sp³-hybridized carbons (Fsp3) is 0.600. The molecule has 1 amide bonds. The molecule has 10 heavy (non-hydrogen) atoms. The second-order valence-electron chi connectivity index (χ2n) is 1.97. The van der Waals surface area contributed by atoms with Gasteiger partial charge in [0.2, 0.25) is 0 Å². The third-order valence-electron chi connectivity index (χ3n) is 0.758. The lowest BCUT2D eigenvalue weighted by Gasteiger charge is -2.07. The molecule has 0 spiro atoms. The second-order valence-corrected chi connectivity index (χ2v) is 1.97. The summed E-state index contributed by atoms with van der Waals surface area (Å²) in [5.74, 6) is 0. The Labute approximate surface area is 59.5 Å². The van der Waals surface area contributed by atoms with Gasteiger partial charge in [-0.25, -0.2) is 4.79 Å². The van der Waals surface area contributed by atoms with E-state index in [0.717, 1.165) is 4.90 Å². The minimum Gasteiger partial charge on any atom is -0.465 e. The number of rotatable bonds is 2. The smallest absolute Gasteiger partial charge is 0.412 e. The number of carboxylic acid groups (broad SMARTS) is 1. The Morgan fingerprint density at radius 1 is 1.50 bits per heavy atom. The fourth-order valence-corrected chi connectivity index (χ4v) is 0.230. The highest BCUT2D eigenvalue weighted by Gasteiger charge is 1.99. The van der Waals surface area contributed by atoms with Gasteiger partial charge in [0.15, 0.2) is 0 Å². The van der Waals surface area contributed by atoms with Crippen LogP contribution in [0.4, 0.5) is 4.79 Å². The molecule has 0 aromatic heterocycles. The zero-order valence-electron chi connectivity index (χ0n) is 6.27. The van der Waals surface area contributed by atoms with Gasteiger partial charge in [0.05, 0.1) is 0 Å². The van der Waals surface area contributed by atoms with Crippen molar-refractivity contribution in [2.75, 3.05) is 21.1 Å². The van der Waals surface area contributed by atoms with E-state index in [-0.39, 0.29) is 0 Å². The van der Waals surface area contributed by atoms with Gasteiger partial charge in [-0.1, -0.05) is 0 Å². The molecule has 5 heteroatoms. The van der Waals surface area contributed by atoms with Gasteiger partial charge >= 0.3 is 6.09 Å². The number of carbonyl (C=O) groups is 1. The van der Waals surface area contributed by atoms with Crippen molar-refractivity contribution in [2.24, 2.45) is 5.10 Å². The highest BCUT2D eigenvalue weighted by Crippen LogP contribution is 1.79. The lowest BCUT2D eigenvalue weighted by molar-refractivity contribution is 0.176. The monoisotopic (exact) mass is 145 g/mol. The number of nitrogens with zero attached hydrogens (tertiary/aromatic N) is 3. The quantitative estimate of drug-likeness (QED) is 0.340. The number of hydrogen-bond donors (Lipinski definition) is 1. The van der Waals surface area contributed by atoms with Crippen molar-refractivity contribution in [1.29, 1.82) is 0 Å². The Morgan fingerprint density at radius 3 is 2.30 bits per heavy atom. The van der Waals surface area contributed by atoms with Crippen LogP contribution in [0.2, 0.25) is 0 Å². The molecule has 0 aromatic carbocycles. The van der Waals surface area contributed by atoms with Crippen LogP contribution >= 0.6 is 0 Å². The summed E-state index contributed by atoms with van der Waals surface area (Å²) in [4.78, 5) is 11.1. The van der Waals surface area contributed by atoms with Crippen molar-refractivity contribution in [2.45, 2.75) is 0 Å². The van der Waals surface area contributed by atoms with Gasteiger partial charge in [-0.2, -0.15) is 5.10 Å². The maximum absolute atomic E-state index is 10.1. The summed E-state index contributed by atoms with van der Waals surface area (Å²) >= 11 is 0. The highest BCUT2D eigenvalue weighted by atomic mass is 16.4. The molecule has 1 N–H and O–H groups in total. The molecule has 0 radical (unpaired) electrons. The van der Waals surface area contributed by atoms with Crippen LogP contribution in [0.15, 0.2) is 5.10 Å². The zero-order valence-corrected chi connectivity index (χ0v) is 6.27. The average molecular weight is 145 g/mol. The number of amides is 1. The average Bonchev–Trinajstić information content (AvgIpc) is 1.82. The number of hydrogen-bond acceptors (Lipinski definition) is 3. The lowest BCUT2D eigenvalue weighted by atomic mass is 10.9. The topological polar surface area (TPSA) is 56.1 Å². The highest BCUT2D eigenvalue weighted by molar-refractivity contribution is 5.80. The molecule has 0 aliphatic rings. The Kier molecular flexibility index (Phi) is 3.24. The van der Waals surface area contributed by atoms with E-state index < -0.39 is 6.09 Å². The van der Waals surface area contributed by atoms with Crippen LogP contribution in [-0.2, 0) is 0 Å². The van der Waals surface area contributed by atoms with Gasteiger partial charge in [-0.05, 0) is 0 Å². The third kappa shape index (κ3) is 3.71. The van der Waals surface area contributed by atoms with Gasteiger partial charge < -0.3 is 10.1 Å². The third-order valence-corrected chi connectivity index (χ3v) is 0.758. The van der Waals surface area contributed by atoms with Gasteiger partial charge in [-0.15, -0.1) is 0 Å². The van der Waals surface area contributed by atoms with Crippen LogP contribution in [0.3, 0.4) is 0 Å². The van der Waals surface area contributed by atoms with Crippen molar-refractivity contribution in [3.8, 4) is 0 Å². The van der Waals surface area contributed by atoms with Crippen LogP contribution < -0.4 is 0 Å². The lowest BCUT2D eigenvalue weighted by Crippen LogP contribution is -2.23. The Balaban J connectivity index is 3.77. The van der Waals surface area contributed by atoms with E-state index >= 15 is 0 Å². The van der Waals surface area contributed by atoms with Gasteiger partial charge in [0.1, 0.15) is 6.34 Å². The van der Waals surface area contributed by atoms with Gasteiger partial charge in [0, 0.05) is 21.1 Å². The first-order valence-electron chi connectivity index (χ1n) is 2.71. The molecule has 0 aromatic rings. The SMILES string of the molecule is CN(C)N=CN(C)C(=O)O. The van der Waals surface area contributed by atoms with Crippen LogP contribution in [-0.4, -0.2) is 48.6 Å². The van der Waals surface area contributed by atoms with E-state index in [2.05, 4.69) is 5.10 Å². The van der Waals surface area contributed by atoms with Gasteiger partial charge in [0.25, 0.3) is 0 Å². The molecule has 0 aliphatic heterocycles. The maximum atomic E-state index is 10.1. The normalized spacial score (nSPS) is 9.90. The molecule has 0 fully saturated rings. The molecule has 0 rings (SSSR count). The van der Waals surface area contributed by atoms with E-state index in [9.17, 15) is 4.79 Å². The Hall–Kier alpha value is -1.26. The van der Waals surface area contributed by atoms with Crippen molar-refractivity contribution >= 4 is 12.4 Å². The standard InChI is InChI=1S/C5H11N3O2/c1-7(2)6-4-8(3)5(9)10/h4H,1-3H3,(H,9,10). The molecule has 5 nitrogen and oxygen atoms in total. The molecule has 0 heterocycles. The van der Waals surface area contributed by atoms with Crippen molar-refractivity contribution < 1.29 is 9.90 Å². The predicted molar refractivity (Wildman–Crippen MR) is 38.0 cm³/mol. The molecule has 0 atom stereocenters. The summed E-state index contributed by atoms with van der Waals surface area (Å²) in [5.41, 5.74) is 0. The minimum atomic E-state index is -1.02. The van der Waals surface area contributed by atoms with Gasteiger partial charge in [-0.3, -0.25) is 4.90 Å². The molecule has 58 valence electrons. The molecule has 0 bridgehead atoms. The molecule has 0 saturated heterocycles. The van der Waals surface area contributed by atoms with E-state index in [1.54, 1.807) is 14.1 Å². The van der Waals surface area contributed by atoms with E-state index in [4.69, 9.17) is 5.11 Å². The summed E-state index contributed by atoms with van der Waals surface area (Å²) in [7, 11) is 4.84. The first kappa shape index (κ1) is 8.74. The predicted octanol–water partition coefficient (Wildman–Crippen LogP) is 0.101.